The van der Waals surface area contributed by atoms with Gasteiger partial charge in [-0.25, -0.2) is 14.4 Å². The van der Waals surface area contributed by atoms with Gasteiger partial charge >= 0.3 is 0 Å². The van der Waals surface area contributed by atoms with Gasteiger partial charge in [-0.3, -0.25) is 4.79 Å². The lowest BCUT2D eigenvalue weighted by molar-refractivity contribution is 0.0700. The number of halogens is 1. The molecule has 7 nitrogen and oxygen atoms in total. The van der Waals surface area contributed by atoms with E-state index in [0.717, 1.165) is 41.8 Å². The molecule has 3 aromatic heterocycles. The van der Waals surface area contributed by atoms with Crippen molar-refractivity contribution in [2.45, 2.75) is 51.2 Å². The molecule has 4 heterocycles. The Hall–Kier alpha value is -3.26. The number of nitrogens with two attached hydrogens (primary N) is 1. The Morgan fingerprint density at radius 3 is 2.69 bits per heavy atom. The first-order valence-corrected chi connectivity index (χ1v) is 12.6. The van der Waals surface area contributed by atoms with Crippen LogP contribution in [-0.4, -0.2) is 48.5 Å². The average Bonchev–Trinajstić information content (AvgIpc) is 3.25. The van der Waals surface area contributed by atoms with E-state index in [1.54, 1.807) is 10.6 Å². The van der Waals surface area contributed by atoms with Crippen LogP contribution >= 0.6 is 0 Å². The van der Waals surface area contributed by atoms with Crippen molar-refractivity contribution in [1.82, 2.24) is 24.0 Å². The van der Waals surface area contributed by atoms with Crippen LogP contribution < -0.4 is 5.73 Å². The summed E-state index contributed by atoms with van der Waals surface area (Å²) in [5, 5.41) is 1.05. The summed E-state index contributed by atoms with van der Waals surface area (Å²) in [6, 6.07) is 9.36. The van der Waals surface area contributed by atoms with Crippen LogP contribution in [0.5, 0.6) is 0 Å². The second-order valence-electron chi connectivity index (χ2n) is 10.7. The van der Waals surface area contributed by atoms with Crippen molar-refractivity contribution < 1.29 is 9.18 Å². The predicted molar refractivity (Wildman–Crippen MR) is 132 cm³/mol. The molecule has 0 spiro atoms. The van der Waals surface area contributed by atoms with E-state index in [2.05, 4.69) is 16.7 Å². The minimum atomic E-state index is -0.431. The maximum atomic E-state index is 15.5. The molecule has 2 bridgehead atoms. The van der Waals surface area contributed by atoms with Gasteiger partial charge in [0.1, 0.15) is 17.0 Å². The van der Waals surface area contributed by atoms with Crippen molar-refractivity contribution >= 4 is 28.0 Å². The zero-order chi connectivity index (χ0) is 24.0. The monoisotopic (exact) mass is 472 g/mol. The number of fused-ring (bicyclic) bond motifs is 4. The fourth-order valence-corrected chi connectivity index (χ4v) is 6.25. The number of pyridine rings is 1. The number of aromatic nitrogens is 4. The topological polar surface area (TPSA) is 82.0 Å². The van der Waals surface area contributed by atoms with Crippen LogP contribution in [0.25, 0.3) is 33.6 Å². The first-order valence-electron chi connectivity index (χ1n) is 12.6. The van der Waals surface area contributed by atoms with Gasteiger partial charge in [-0.2, -0.15) is 0 Å². The third-order valence-electron chi connectivity index (χ3n) is 8.33. The minimum absolute atomic E-state index is 0.0274. The van der Waals surface area contributed by atoms with Crippen LogP contribution in [0.4, 0.5) is 4.39 Å². The number of piperidine rings is 1. The van der Waals surface area contributed by atoms with Gasteiger partial charge in [-0.05, 0) is 74.8 Å². The average molecular weight is 473 g/mol. The van der Waals surface area contributed by atoms with Crippen LogP contribution in [0.15, 0.2) is 30.3 Å². The number of likely N-dealkylation sites (tertiary alicyclic amines) is 1. The van der Waals surface area contributed by atoms with Gasteiger partial charge < -0.3 is 19.8 Å². The highest BCUT2D eigenvalue weighted by Gasteiger charge is 2.47. The number of rotatable bonds is 4. The predicted octanol–water partition coefficient (Wildman–Crippen LogP) is 4.01. The quantitative estimate of drug-likeness (QED) is 0.487. The first-order chi connectivity index (χ1) is 16.9. The Morgan fingerprint density at radius 1 is 1.14 bits per heavy atom. The fourth-order valence-electron chi connectivity index (χ4n) is 6.25. The number of carbonyl (C=O) groups excluding carboxylic acids is 1. The summed E-state index contributed by atoms with van der Waals surface area (Å²) < 4.78 is 19.5. The van der Waals surface area contributed by atoms with Gasteiger partial charge in [-0.15, -0.1) is 0 Å². The van der Waals surface area contributed by atoms with Crippen molar-refractivity contribution in [3.8, 4) is 11.5 Å². The van der Waals surface area contributed by atoms with Crippen LogP contribution in [0.1, 0.15) is 41.7 Å². The maximum absolute atomic E-state index is 15.5. The Kier molecular flexibility index (Phi) is 4.43. The van der Waals surface area contributed by atoms with Gasteiger partial charge in [-0.1, -0.05) is 0 Å². The van der Waals surface area contributed by atoms with Crippen LogP contribution in [0.3, 0.4) is 0 Å². The lowest BCUT2D eigenvalue weighted by Gasteiger charge is -2.27. The largest absolute Gasteiger partial charge is 0.334 e. The molecule has 35 heavy (non-hydrogen) atoms. The molecule has 3 fully saturated rings. The molecule has 1 amide bonds. The van der Waals surface area contributed by atoms with E-state index in [1.165, 1.54) is 18.9 Å². The number of aryl methyl sites for hydroxylation is 2. The minimum Gasteiger partial charge on any atom is -0.334 e. The zero-order valence-electron chi connectivity index (χ0n) is 20.0. The first kappa shape index (κ1) is 21.1. The SMILES string of the molecule is Cc1ccc2cc(-c3nc4cc(C(=O)N5C[C@H]6CC[C@@H]5[C@@H]6N)cc(F)c4n3C)n(CC3CC3)c2n1. The molecule has 2 N–H and O–H groups in total. The summed E-state index contributed by atoms with van der Waals surface area (Å²) in [4.78, 5) is 24.8. The molecule has 1 aliphatic heterocycles. The molecule has 0 unspecified atom stereocenters. The summed E-state index contributed by atoms with van der Waals surface area (Å²) in [5.41, 5.74) is 10.4. The molecule has 2 aliphatic carbocycles. The van der Waals surface area contributed by atoms with E-state index < -0.39 is 5.82 Å². The lowest BCUT2D eigenvalue weighted by Crippen LogP contribution is -2.41. The Labute approximate surface area is 202 Å². The highest BCUT2D eigenvalue weighted by Crippen LogP contribution is 2.39. The molecule has 0 radical (unpaired) electrons. The lowest BCUT2D eigenvalue weighted by atomic mass is 10.1. The van der Waals surface area contributed by atoms with Gasteiger partial charge in [0.15, 0.2) is 5.82 Å². The number of hydrogen-bond acceptors (Lipinski definition) is 4. The molecule has 1 aromatic carbocycles. The summed E-state index contributed by atoms with van der Waals surface area (Å²) in [5.74, 6) is 1.10. The third-order valence-corrected chi connectivity index (χ3v) is 8.33. The number of benzene rings is 1. The van der Waals surface area contributed by atoms with E-state index in [9.17, 15) is 4.79 Å². The van der Waals surface area contributed by atoms with E-state index in [-0.39, 0.29) is 18.0 Å². The Balaban J connectivity index is 1.34. The second-order valence-corrected chi connectivity index (χ2v) is 10.7. The Bertz CT molecular complexity index is 1520. The van der Waals surface area contributed by atoms with Crippen molar-refractivity contribution in [1.29, 1.82) is 0 Å². The normalized spacial score (nSPS) is 23.8. The zero-order valence-corrected chi connectivity index (χ0v) is 20.0. The number of nitrogens with zero attached hydrogens (tertiary/aromatic N) is 5. The molecular weight excluding hydrogens is 443 g/mol. The maximum Gasteiger partial charge on any atom is 0.254 e. The summed E-state index contributed by atoms with van der Waals surface area (Å²) in [6.07, 6.45) is 4.43. The molecule has 180 valence electrons. The van der Waals surface area contributed by atoms with E-state index in [1.807, 2.05) is 24.9 Å². The molecule has 8 heteroatoms. The summed E-state index contributed by atoms with van der Waals surface area (Å²) in [7, 11) is 1.84. The van der Waals surface area contributed by atoms with E-state index in [0.29, 0.717) is 40.8 Å². The molecule has 7 rings (SSSR count). The van der Waals surface area contributed by atoms with Crippen molar-refractivity contribution in [3.05, 3.63) is 47.4 Å². The van der Waals surface area contributed by atoms with E-state index in [4.69, 9.17) is 15.7 Å². The van der Waals surface area contributed by atoms with Gasteiger partial charge in [0.05, 0.1) is 11.2 Å². The molecule has 3 aliphatic rings. The fraction of sp³-hybridized carbons (Fsp3) is 0.444. The van der Waals surface area contributed by atoms with Crippen molar-refractivity contribution in [3.63, 3.8) is 0 Å². The smallest absolute Gasteiger partial charge is 0.254 e. The number of hydrogen-bond donors (Lipinski definition) is 1. The molecule has 2 saturated carbocycles. The number of amides is 1. The standard InChI is InChI=1S/C27H29FN6O/c1-14-3-6-16-11-22(33(25(16)30-14)12-15-4-5-15)26-31-20-10-18(9-19(28)24(20)32(26)2)27(35)34-13-17-7-8-21(34)23(17)29/h3,6,9-11,15,17,21,23H,4-5,7-8,12-13,29H2,1-2H3/t17-,21-,23-/m1/s1. The number of imidazole rings is 1. The highest BCUT2D eigenvalue weighted by atomic mass is 19.1. The van der Waals surface area contributed by atoms with Gasteiger partial charge in [0.2, 0.25) is 0 Å². The van der Waals surface area contributed by atoms with Gasteiger partial charge in [0.25, 0.3) is 5.91 Å². The van der Waals surface area contributed by atoms with Crippen molar-refractivity contribution in [2.24, 2.45) is 24.6 Å². The summed E-state index contributed by atoms with van der Waals surface area (Å²) in [6.45, 7) is 3.53. The van der Waals surface area contributed by atoms with Crippen LogP contribution in [0.2, 0.25) is 0 Å². The highest BCUT2D eigenvalue weighted by molar-refractivity contribution is 5.98. The second kappa shape index (κ2) is 7.37. The Morgan fingerprint density at radius 2 is 1.97 bits per heavy atom. The molecule has 3 atom stereocenters. The molecule has 4 aromatic rings. The van der Waals surface area contributed by atoms with Gasteiger partial charge in [0, 0.05) is 48.9 Å². The molecule has 1 saturated heterocycles. The van der Waals surface area contributed by atoms with Crippen LogP contribution in [-0.2, 0) is 13.6 Å². The number of carbonyl (C=O) groups is 1. The molecular formula is C27H29FN6O. The third kappa shape index (κ3) is 3.15. The van der Waals surface area contributed by atoms with E-state index >= 15 is 4.39 Å². The van der Waals surface area contributed by atoms with Crippen LogP contribution in [0, 0.1) is 24.6 Å². The van der Waals surface area contributed by atoms with Crippen molar-refractivity contribution in [2.75, 3.05) is 6.54 Å². The summed E-state index contributed by atoms with van der Waals surface area (Å²) >= 11 is 0.